The molecule has 180 valence electrons. The average molecular weight is 473 g/mol. The Labute approximate surface area is 204 Å². The predicted molar refractivity (Wildman–Crippen MR) is 133 cm³/mol. The van der Waals surface area contributed by atoms with Gasteiger partial charge in [0.1, 0.15) is 23.7 Å². The highest BCUT2D eigenvalue weighted by Gasteiger charge is 2.54. The second kappa shape index (κ2) is 7.97. The van der Waals surface area contributed by atoms with Crippen molar-refractivity contribution in [2.45, 2.75) is 38.6 Å². The normalized spacial score (nSPS) is 23.6. The molecule has 1 saturated carbocycles. The Hall–Kier alpha value is -3.61. The van der Waals surface area contributed by atoms with Gasteiger partial charge < -0.3 is 19.0 Å². The van der Waals surface area contributed by atoms with Crippen LogP contribution in [0.4, 0.5) is 4.39 Å². The summed E-state index contributed by atoms with van der Waals surface area (Å²) in [5, 5.41) is 4.53. The van der Waals surface area contributed by atoms with Crippen LogP contribution in [0.3, 0.4) is 0 Å². The smallest absolute Gasteiger partial charge is 0.172 e. The molecule has 0 N–H and O–H groups in total. The number of methoxy groups -OCH3 is 1. The summed E-state index contributed by atoms with van der Waals surface area (Å²) in [4.78, 5) is 12.5. The second-order valence-electron chi connectivity index (χ2n) is 10.3. The molecule has 3 aromatic rings. The second-order valence-corrected chi connectivity index (χ2v) is 10.3. The van der Waals surface area contributed by atoms with Crippen LogP contribution >= 0.6 is 0 Å². The molecule has 1 aromatic heterocycles. The number of aromatic nitrogens is 2. The molecule has 3 heterocycles. The highest BCUT2D eigenvalue weighted by atomic mass is 19.1. The molecule has 0 radical (unpaired) electrons. The third-order valence-corrected chi connectivity index (χ3v) is 7.65. The van der Waals surface area contributed by atoms with Gasteiger partial charge in [0.05, 0.1) is 24.8 Å². The Kier molecular flexibility index (Phi) is 4.99. The lowest BCUT2D eigenvalue weighted by atomic mass is 9.82. The number of halogens is 1. The van der Waals surface area contributed by atoms with Crippen LogP contribution in [0.1, 0.15) is 43.0 Å². The van der Waals surface area contributed by atoms with Gasteiger partial charge in [-0.3, -0.25) is 0 Å². The quantitative estimate of drug-likeness (QED) is 0.506. The van der Waals surface area contributed by atoms with Gasteiger partial charge in [0.2, 0.25) is 0 Å². The molecule has 1 unspecified atom stereocenters. The first-order valence-electron chi connectivity index (χ1n) is 12.0. The van der Waals surface area contributed by atoms with Crippen molar-refractivity contribution in [2.24, 2.45) is 10.6 Å². The Morgan fingerprint density at radius 1 is 1.14 bits per heavy atom. The molecule has 0 bridgehead atoms. The zero-order chi connectivity index (χ0) is 24.2. The lowest BCUT2D eigenvalue weighted by Crippen LogP contribution is -2.57. The summed E-state index contributed by atoms with van der Waals surface area (Å²) in [5.41, 5.74) is 4.99. The first kappa shape index (κ1) is 21.9. The number of piperidine rings is 1. The van der Waals surface area contributed by atoms with Crippen LogP contribution in [0.5, 0.6) is 5.75 Å². The largest absolute Gasteiger partial charge is 0.495 e. The Morgan fingerprint density at radius 3 is 2.63 bits per heavy atom. The van der Waals surface area contributed by atoms with Crippen molar-refractivity contribution >= 4 is 11.9 Å². The van der Waals surface area contributed by atoms with Gasteiger partial charge in [-0.2, -0.15) is 0 Å². The molecule has 3 aliphatic rings. The number of imidazole rings is 1. The maximum atomic E-state index is 13.7. The SMILES string of the molecule is COc1cc(C=C2CC3(CC3)CN3C2=NOCC3(C)c2ccc(F)cc2)ccc1-n1cnc(C)c1. The van der Waals surface area contributed by atoms with Crippen molar-refractivity contribution in [3.8, 4) is 11.4 Å². The fourth-order valence-corrected chi connectivity index (χ4v) is 5.36. The summed E-state index contributed by atoms with van der Waals surface area (Å²) in [5.74, 6) is 1.42. The third-order valence-electron chi connectivity index (χ3n) is 7.65. The van der Waals surface area contributed by atoms with Gasteiger partial charge in [-0.25, -0.2) is 9.37 Å². The molecule has 1 saturated heterocycles. The number of ether oxygens (including phenoxy) is 1. The van der Waals surface area contributed by atoms with Crippen LogP contribution in [0, 0.1) is 18.2 Å². The number of hydrogen-bond donors (Lipinski definition) is 0. The molecule has 2 aromatic carbocycles. The van der Waals surface area contributed by atoms with E-state index in [-0.39, 0.29) is 11.2 Å². The van der Waals surface area contributed by atoms with E-state index in [0.717, 1.165) is 52.6 Å². The molecule has 6 nitrogen and oxygen atoms in total. The Balaban J connectivity index is 1.38. The standard InChI is InChI=1S/C28H29FN4O2/c1-19-15-32(18-30-19)24-9-4-20(13-25(24)34-3)12-21-14-28(10-11-28)16-33-26(21)31-35-17-27(33,2)22-5-7-23(29)8-6-22/h4-9,12-13,15,18H,10-11,14,16-17H2,1-3H3. The zero-order valence-electron chi connectivity index (χ0n) is 20.3. The van der Waals surface area contributed by atoms with Crippen molar-refractivity contribution in [1.29, 1.82) is 0 Å². The van der Waals surface area contributed by atoms with E-state index in [1.54, 1.807) is 13.4 Å². The first-order chi connectivity index (χ1) is 16.9. The van der Waals surface area contributed by atoms with Crippen LogP contribution < -0.4 is 4.74 Å². The number of hydrogen-bond acceptors (Lipinski definition) is 5. The van der Waals surface area contributed by atoms with E-state index in [4.69, 9.17) is 9.57 Å². The van der Waals surface area contributed by atoms with E-state index in [1.165, 1.54) is 25.0 Å². The van der Waals surface area contributed by atoms with E-state index >= 15 is 0 Å². The number of oxime groups is 1. The van der Waals surface area contributed by atoms with Crippen molar-refractivity contribution in [3.05, 3.63) is 83.2 Å². The van der Waals surface area contributed by atoms with Crippen LogP contribution in [0.2, 0.25) is 0 Å². The molecular weight excluding hydrogens is 443 g/mol. The summed E-state index contributed by atoms with van der Waals surface area (Å²) >= 11 is 0. The maximum absolute atomic E-state index is 13.7. The van der Waals surface area contributed by atoms with Crippen molar-refractivity contribution < 1.29 is 14.0 Å². The minimum atomic E-state index is -0.416. The molecule has 6 rings (SSSR count). The van der Waals surface area contributed by atoms with Gasteiger partial charge in [0.25, 0.3) is 0 Å². The monoisotopic (exact) mass is 472 g/mol. The predicted octanol–water partition coefficient (Wildman–Crippen LogP) is 5.46. The molecule has 2 fully saturated rings. The number of amidine groups is 1. The topological polar surface area (TPSA) is 51.9 Å². The van der Waals surface area contributed by atoms with Gasteiger partial charge in [0.15, 0.2) is 5.84 Å². The number of benzene rings is 2. The van der Waals surface area contributed by atoms with Gasteiger partial charge >= 0.3 is 0 Å². The molecule has 1 atom stereocenters. The highest BCUT2D eigenvalue weighted by Crippen LogP contribution is 2.56. The lowest BCUT2D eigenvalue weighted by Gasteiger charge is -2.50. The van der Waals surface area contributed by atoms with Gasteiger partial charge in [-0.15, -0.1) is 0 Å². The zero-order valence-corrected chi connectivity index (χ0v) is 20.3. The summed E-state index contributed by atoms with van der Waals surface area (Å²) < 4.78 is 21.4. The number of aryl methyl sites for hydroxylation is 1. The fraction of sp³-hybridized carbons (Fsp3) is 0.357. The van der Waals surface area contributed by atoms with E-state index in [0.29, 0.717) is 6.61 Å². The molecule has 35 heavy (non-hydrogen) atoms. The van der Waals surface area contributed by atoms with E-state index in [9.17, 15) is 4.39 Å². The molecule has 1 spiro atoms. The summed E-state index contributed by atoms with van der Waals surface area (Å²) in [6.45, 7) is 5.50. The molecule has 7 heteroatoms. The number of nitrogens with zero attached hydrogens (tertiary/aromatic N) is 4. The van der Waals surface area contributed by atoms with Gasteiger partial charge in [0, 0.05) is 12.7 Å². The number of fused-ring (bicyclic) bond motifs is 1. The molecule has 2 aliphatic heterocycles. The minimum absolute atomic E-state index is 0.232. The summed E-state index contributed by atoms with van der Waals surface area (Å²) in [7, 11) is 1.69. The van der Waals surface area contributed by atoms with Gasteiger partial charge in [-0.05, 0) is 85.6 Å². The van der Waals surface area contributed by atoms with E-state index in [2.05, 4.69) is 46.2 Å². The Bertz CT molecular complexity index is 1340. The fourth-order valence-electron chi connectivity index (χ4n) is 5.36. The van der Waals surface area contributed by atoms with Crippen LogP contribution in [0.25, 0.3) is 11.8 Å². The Morgan fingerprint density at radius 2 is 1.94 bits per heavy atom. The average Bonchev–Trinajstić information content (AvgIpc) is 3.46. The summed E-state index contributed by atoms with van der Waals surface area (Å²) in [6, 6.07) is 13.0. The van der Waals surface area contributed by atoms with Crippen molar-refractivity contribution in [2.75, 3.05) is 20.3 Å². The number of rotatable bonds is 4. The van der Waals surface area contributed by atoms with Gasteiger partial charge in [-0.1, -0.05) is 23.4 Å². The molecular formula is C28H29FN4O2. The molecule has 1 aliphatic carbocycles. The van der Waals surface area contributed by atoms with Crippen molar-refractivity contribution in [3.63, 3.8) is 0 Å². The van der Waals surface area contributed by atoms with E-state index in [1.807, 2.05) is 29.8 Å². The third kappa shape index (κ3) is 3.79. The van der Waals surface area contributed by atoms with Crippen LogP contribution in [0.15, 0.2) is 65.7 Å². The van der Waals surface area contributed by atoms with Crippen molar-refractivity contribution in [1.82, 2.24) is 14.5 Å². The minimum Gasteiger partial charge on any atom is -0.495 e. The maximum Gasteiger partial charge on any atom is 0.172 e. The van der Waals surface area contributed by atoms with Crippen LogP contribution in [-0.4, -0.2) is 40.5 Å². The first-order valence-corrected chi connectivity index (χ1v) is 12.0. The summed E-state index contributed by atoms with van der Waals surface area (Å²) in [6.07, 6.45) is 9.36. The van der Waals surface area contributed by atoms with Crippen LogP contribution in [-0.2, 0) is 10.4 Å². The molecule has 0 amide bonds. The highest BCUT2D eigenvalue weighted by molar-refractivity contribution is 6.03. The lowest BCUT2D eigenvalue weighted by molar-refractivity contribution is -0.00674. The van der Waals surface area contributed by atoms with E-state index < -0.39 is 5.54 Å².